The van der Waals surface area contributed by atoms with Gasteiger partial charge in [0.15, 0.2) is 18.6 Å². The highest BCUT2D eigenvalue weighted by molar-refractivity contribution is 5.90. The first-order valence-corrected chi connectivity index (χ1v) is 32.1. The summed E-state index contributed by atoms with van der Waals surface area (Å²) in [6.07, 6.45) is 6.39. The molecule has 7 heteroatoms. The fourth-order valence-corrected chi connectivity index (χ4v) is 14.9. The number of hydrogen-bond donors (Lipinski definition) is 0. The normalized spacial score (nSPS) is 16.0. The van der Waals surface area contributed by atoms with Crippen LogP contribution < -0.4 is 13.7 Å². The number of aromatic nitrogens is 6. The first kappa shape index (κ1) is 54.8. The van der Waals surface area contributed by atoms with E-state index in [2.05, 4.69) is 195 Å². The molecule has 12 aromatic rings. The fourth-order valence-electron chi connectivity index (χ4n) is 14.9. The number of pyridine rings is 6. The van der Waals surface area contributed by atoms with Gasteiger partial charge in [0.05, 0.1) is 33.8 Å². The lowest BCUT2D eigenvalue weighted by atomic mass is 9.79. The van der Waals surface area contributed by atoms with E-state index in [0.717, 1.165) is 84.2 Å². The molecule has 0 fully saturated rings. The Hall–Kier alpha value is -9.85. The molecule has 0 amide bonds. The first-order valence-electron chi connectivity index (χ1n) is 35.1. The lowest BCUT2D eigenvalue weighted by Gasteiger charge is -2.24. The number of fused-ring (bicyclic) bond motifs is 9. The summed E-state index contributed by atoms with van der Waals surface area (Å²) in [6.45, 7) is 21.2. The molecule has 93 heavy (non-hydrogen) atoms. The maximum Gasteiger partial charge on any atom is 0.213 e. The lowest BCUT2D eigenvalue weighted by molar-refractivity contribution is -0.660. The molecule has 6 heterocycles. The Labute approximate surface area is 558 Å². The van der Waals surface area contributed by atoms with Crippen molar-refractivity contribution >= 4 is 0 Å². The van der Waals surface area contributed by atoms with E-state index in [1.807, 2.05) is 92.3 Å². The van der Waals surface area contributed by atoms with Crippen LogP contribution in [-0.4, -0.2) is 15.0 Å². The molecule has 0 bridgehead atoms. The largest absolute Gasteiger partial charge is 0.257 e. The highest BCUT2D eigenvalue weighted by Crippen LogP contribution is 2.55. The van der Waals surface area contributed by atoms with E-state index >= 15 is 0 Å². The molecule has 0 saturated carbocycles. The number of halogens is 1. The lowest BCUT2D eigenvalue weighted by Crippen LogP contribution is -2.32. The summed E-state index contributed by atoms with van der Waals surface area (Å²) in [5, 5.41) is 0. The van der Waals surface area contributed by atoms with Crippen LogP contribution in [0.1, 0.15) is 128 Å². The van der Waals surface area contributed by atoms with Gasteiger partial charge in [-0.2, -0.15) is 0 Å². The molecule has 1 atom stereocenters. The Balaban J connectivity index is 0.000000134. The maximum atomic E-state index is 13.3. The summed E-state index contributed by atoms with van der Waals surface area (Å²) in [5.41, 5.74) is 33.1. The van der Waals surface area contributed by atoms with Gasteiger partial charge in [-0.05, 0) is 170 Å². The minimum absolute atomic E-state index is 0.142. The van der Waals surface area contributed by atoms with Gasteiger partial charge >= 0.3 is 0 Å². The van der Waals surface area contributed by atoms with Gasteiger partial charge in [0, 0.05) is 93.1 Å². The van der Waals surface area contributed by atoms with Gasteiger partial charge in [0.2, 0.25) is 17.1 Å². The van der Waals surface area contributed by atoms with E-state index < -0.39 is 19.1 Å². The second-order valence-electron chi connectivity index (χ2n) is 27.1. The van der Waals surface area contributed by atoms with Crippen molar-refractivity contribution in [2.45, 2.75) is 113 Å². The van der Waals surface area contributed by atoms with Crippen molar-refractivity contribution in [3.8, 4) is 101 Å². The van der Waals surface area contributed by atoms with Crippen LogP contribution in [0.15, 0.2) is 201 Å². The molecule has 6 nitrogen and oxygen atoms in total. The van der Waals surface area contributed by atoms with E-state index in [9.17, 15) is 4.39 Å². The standard InChI is InChI=1S/2C29H29N2.C28H26FN2/c1-18-7-11-21(12-8-18)22-13-16-25(31(6)17-22)26-19(2)9-14-23-24-15-10-20(3)30-28(24)29(4,5)27(23)26;1-18-12-14-22-23-15-13-20(3)30-28(23)29(4,5)27(22)26(18)25-16-19(2)24(17-31(25)6)21-10-8-7-9-11-21;1-17-6-13-22-23-14-7-18(2)30-27(23)28(3,4)26(22)25(17)24-15-10-20(16-31(24)5)19-8-11-21(29)12-9-19/h2*7-17H,1-6H3;6-16H,1-5H3/q3*+1/i1D3,4D3;;. The van der Waals surface area contributed by atoms with E-state index in [1.54, 1.807) is 19.1 Å². The third kappa shape index (κ3) is 10.7. The minimum atomic E-state index is -2.31. The van der Waals surface area contributed by atoms with Crippen molar-refractivity contribution in [2.75, 3.05) is 0 Å². The van der Waals surface area contributed by atoms with E-state index in [0.29, 0.717) is 11.3 Å². The molecule has 3 aliphatic carbocycles. The van der Waals surface area contributed by atoms with Crippen molar-refractivity contribution in [1.29, 1.82) is 0 Å². The van der Waals surface area contributed by atoms with Crippen LogP contribution in [-0.2, 0) is 37.4 Å². The summed E-state index contributed by atoms with van der Waals surface area (Å²) in [5.74, 6) is -0.217. The van der Waals surface area contributed by atoms with Gasteiger partial charge in [0.1, 0.15) is 27.0 Å². The van der Waals surface area contributed by atoms with Gasteiger partial charge < -0.3 is 0 Å². The molecular weight excluding hydrogens is 1140 g/mol. The highest BCUT2D eigenvalue weighted by atomic mass is 19.1. The van der Waals surface area contributed by atoms with Crippen molar-refractivity contribution < 1.29 is 26.3 Å². The van der Waals surface area contributed by atoms with Gasteiger partial charge in [-0.15, -0.1) is 0 Å². The monoisotopic (exact) mass is 1230 g/mol. The predicted octanol–water partition coefficient (Wildman–Crippen LogP) is 19.2. The van der Waals surface area contributed by atoms with Crippen molar-refractivity contribution in [1.82, 2.24) is 15.0 Å². The summed E-state index contributed by atoms with van der Waals surface area (Å²) in [7, 11) is 6.20. The maximum absolute atomic E-state index is 13.3. The van der Waals surface area contributed by atoms with Crippen LogP contribution in [0.5, 0.6) is 0 Å². The SMILES string of the molecule is Cc1ccc2c(n1)C(C)(C)c1c-2ccc(C)c1-c1cc(C)c(-c2ccccc2)c[n+]1C.Cc1ccc2c(n1)C(C)(C)c1c-2ccc(C)c1-c1ccc(-c2ccc(F)cc2)c[n+]1C.[2H]C([2H])([2H])c1ccc(-c2ccc(-c3c(C)ccc4c3C(C)(C([2H])([2H])[2H])c3nc(C)ccc3-4)[n+](C)c2)cc1. The number of nitrogens with zero attached hydrogens (tertiary/aromatic N) is 6. The fraction of sp³-hybridized carbons (Fsp3) is 0.233. The number of hydrogen-bond acceptors (Lipinski definition) is 3. The van der Waals surface area contributed by atoms with Crippen LogP contribution >= 0.6 is 0 Å². The third-order valence-electron chi connectivity index (χ3n) is 19.6. The van der Waals surface area contributed by atoms with E-state index in [-0.39, 0.29) is 16.6 Å². The summed E-state index contributed by atoms with van der Waals surface area (Å²) in [4.78, 5) is 14.7. The highest BCUT2D eigenvalue weighted by Gasteiger charge is 2.44. The molecule has 6 aromatic carbocycles. The second kappa shape index (κ2) is 23.4. The molecule has 0 aliphatic heterocycles. The second-order valence-corrected chi connectivity index (χ2v) is 27.1. The Morgan fingerprint density at radius 1 is 0.344 bits per heavy atom. The molecule has 0 saturated heterocycles. The van der Waals surface area contributed by atoms with Crippen LogP contribution in [0.3, 0.4) is 0 Å². The Morgan fingerprint density at radius 2 is 0.720 bits per heavy atom. The Morgan fingerprint density at radius 3 is 1.14 bits per heavy atom. The quantitative estimate of drug-likeness (QED) is 0.156. The van der Waals surface area contributed by atoms with E-state index in [1.165, 1.54) is 95.8 Å². The minimum Gasteiger partial charge on any atom is -0.257 e. The zero-order chi connectivity index (χ0) is 70.7. The number of benzene rings is 6. The predicted molar refractivity (Wildman–Crippen MR) is 379 cm³/mol. The molecule has 0 spiro atoms. The van der Waals surface area contributed by atoms with Crippen LogP contribution in [0.25, 0.3) is 101 Å². The van der Waals surface area contributed by atoms with Crippen molar-refractivity contribution in [3.05, 3.63) is 285 Å². The van der Waals surface area contributed by atoms with Crippen LogP contribution in [0, 0.1) is 61.1 Å². The van der Waals surface area contributed by atoms with Gasteiger partial charge in [-0.25, -0.2) is 18.1 Å². The number of rotatable bonds is 6. The first-order chi connectivity index (χ1) is 46.8. The molecule has 0 N–H and O–H groups in total. The molecule has 1 unspecified atom stereocenters. The molecular formula is C86H84FN6+3. The molecule has 6 aromatic heterocycles. The van der Waals surface area contributed by atoms with Crippen LogP contribution in [0.4, 0.5) is 4.39 Å². The molecule has 462 valence electrons. The number of aryl methyl sites for hydroxylation is 11. The Bertz CT molecular complexity index is 5250. The zero-order valence-corrected chi connectivity index (χ0v) is 56.1. The topological polar surface area (TPSA) is 50.3 Å². The van der Waals surface area contributed by atoms with Crippen molar-refractivity contribution in [2.24, 2.45) is 21.1 Å². The molecule has 0 radical (unpaired) electrons. The van der Waals surface area contributed by atoms with Gasteiger partial charge in [0.25, 0.3) is 0 Å². The third-order valence-corrected chi connectivity index (χ3v) is 19.6. The molecule has 15 rings (SSSR count). The molecule has 3 aliphatic rings. The van der Waals surface area contributed by atoms with Crippen LogP contribution in [0.2, 0.25) is 0 Å². The van der Waals surface area contributed by atoms with E-state index in [4.69, 9.17) is 23.2 Å². The average Bonchev–Trinajstić information content (AvgIpc) is 1.56. The summed E-state index contributed by atoms with van der Waals surface area (Å²) < 4.78 is 68.4. The van der Waals surface area contributed by atoms with Gasteiger partial charge in [-0.1, -0.05) is 168 Å². The smallest absolute Gasteiger partial charge is 0.213 e. The summed E-state index contributed by atoms with van der Waals surface area (Å²) in [6, 6.07) is 60.5. The zero-order valence-electron chi connectivity index (χ0n) is 62.1. The summed E-state index contributed by atoms with van der Waals surface area (Å²) >= 11 is 0. The van der Waals surface area contributed by atoms with Gasteiger partial charge in [-0.3, -0.25) is 15.0 Å². The Kier molecular flexibility index (Phi) is 13.8. The van der Waals surface area contributed by atoms with Crippen molar-refractivity contribution in [3.63, 3.8) is 0 Å². The average molecular weight is 1230 g/mol.